The summed E-state index contributed by atoms with van der Waals surface area (Å²) in [6, 6.07) is 14.5. The Kier molecular flexibility index (Phi) is 7.49. The van der Waals surface area contributed by atoms with Gasteiger partial charge in [-0.2, -0.15) is 5.10 Å². The average Bonchev–Trinajstić information content (AvgIpc) is 3.16. The van der Waals surface area contributed by atoms with Crippen LogP contribution in [0.4, 0.5) is 5.69 Å². The standard InChI is InChI=1S/C24H28N4O4/c1-16(2)13-25-24(30)22-19(14-26-28(22)3)27-23(29)18-9-7-8-17(12-18)15-32-21-11-6-5-10-20(21)31-4/h5-12,14,16H,13,15H2,1-4H3,(H,25,30)(H,27,29). The van der Waals surface area contributed by atoms with Gasteiger partial charge in [-0.15, -0.1) is 0 Å². The summed E-state index contributed by atoms with van der Waals surface area (Å²) >= 11 is 0. The van der Waals surface area contributed by atoms with Gasteiger partial charge >= 0.3 is 0 Å². The van der Waals surface area contributed by atoms with Crippen LogP contribution in [0.1, 0.15) is 40.3 Å². The summed E-state index contributed by atoms with van der Waals surface area (Å²) in [5.74, 6) is 0.951. The first kappa shape index (κ1) is 22.9. The normalized spacial score (nSPS) is 10.7. The topological polar surface area (TPSA) is 94.5 Å². The maximum absolute atomic E-state index is 12.9. The highest BCUT2D eigenvalue weighted by Gasteiger charge is 2.19. The van der Waals surface area contributed by atoms with Gasteiger partial charge in [0, 0.05) is 19.2 Å². The zero-order valence-electron chi connectivity index (χ0n) is 18.7. The van der Waals surface area contributed by atoms with Crippen molar-refractivity contribution >= 4 is 17.5 Å². The highest BCUT2D eigenvalue weighted by molar-refractivity contribution is 6.08. The first-order chi connectivity index (χ1) is 15.4. The lowest BCUT2D eigenvalue weighted by Gasteiger charge is -2.12. The number of carbonyl (C=O) groups excluding carboxylic acids is 2. The van der Waals surface area contributed by atoms with Crippen molar-refractivity contribution in [1.29, 1.82) is 0 Å². The van der Waals surface area contributed by atoms with Crippen LogP contribution in [0.3, 0.4) is 0 Å². The van der Waals surface area contributed by atoms with Gasteiger partial charge in [0.2, 0.25) is 0 Å². The number of ether oxygens (including phenoxy) is 2. The summed E-state index contributed by atoms with van der Waals surface area (Å²) in [5.41, 5.74) is 1.93. The second-order valence-corrected chi connectivity index (χ2v) is 7.73. The van der Waals surface area contributed by atoms with Gasteiger partial charge in [-0.25, -0.2) is 0 Å². The number of aromatic nitrogens is 2. The molecule has 8 heteroatoms. The molecule has 0 atom stereocenters. The molecule has 0 saturated heterocycles. The van der Waals surface area contributed by atoms with Crippen molar-refractivity contribution in [3.63, 3.8) is 0 Å². The Morgan fingerprint density at radius 2 is 1.81 bits per heavy atom. The molecule has 0 fully saturated rings. The van der Waals surface area contributed by atoms with Gasteiger partial charge in [-0.3, -0.25) is 14.3 Å². The summed E-state index contributed by atoms with van der Waals surface area (Å²) in [4.78, 5) is 25.4. The van der Waals surface area contributed by atoms with Crippen LogP contribution in [0.25, 0.3) is 0 Å². The number of benzene rings is 2. The Morgan fingerprint density at radius 1 is 1.06 bits per heavy atom. The van der Waals surface area contributed by atoms with Crippen LogP contribution in [0.15, 0.2) is 54.7 Å². The monoisotopic (exact) mass is 436 g/mol. The van der Waals surface area contributed by atoms with E-state index in [1.54, 1.807) is 32.4 Å². The van der Waals surface area contributed by atoms with Crippen molar-refractivity contribution in [2.45, 2.75) is 20.5 Å². The second-order valence-electron chi connectivity index (χ2n) is 7.73. The Hall–Kier alpha value is -3.81. The number of anilines is 1. The van der Waals surface area contributed by atoms with Crippen LogP contribution < -0.4 is 20.1 Å². The van der Waals surface area contributed by atoms with Crippen LogP contribution in [0.5, 0.6) is 11.5 Å². The number of nitrogens with zero attached hydrogens (tertiary/aromatic N) is 2. The Labute approximate surface area is 187 Å². The van der Waals surface area contributed by atoms with E-state index in [1.165, 1.54) is 10.9 Å². The maximum Gasteiger partial charge on any atom is 0.271 e. The number of aryl methyl sites for hydroxylation is 1. The fourth-order valence-electron chi connectivity index (χ4n) is 3.07. The molecule has 3 rings (SSSR count). The summed E-state index contributed by atoms with van der Waals surface area (Å²) in [6.07, 6.45) is 1.47. The molecule has 0 aliphatic rings. The predicted molar refractivity (Wildman–Crippen MR) is 122 cm³/mol. The Bertz CT molecular complexity index is 1090. The molecule has 0 bridgehead atoms. The van der Waals surface area contributed by atoms with Crippen molar-refractivity contribution in [3.8, 4) is 11.5 Å². The predicted octanol–water partition coefficient (Wildman–Crippen LogP) is 3.65. The minimum absolute atomic E-state index is 0.275. The van der Waals surface area contributed by atoms with Crippen molar-refractivity contribution in [2.75, 3.05) is 19.0 Å². The smallest absolute Gasteiger partial charge is 0.271 e. The maximum atomic E-state index is 12.9. The van der Waals surface area contributed by atoms with Crippen LogP contribution in [0.2, 0.25) is 0 Å². The number of hydrogen-bond acceptors (Lipinski definition) is 5. The Balaban J connectivity index is 1.70. The van der Waals surface area contributed by atoms with Gasteiger partial charge in [-0.05, 0) is 35.7 Å². The summed E-state index contributed by atoms with van der Waals surface area (Å²) in [7, 11) is 3.25. The Morgan fingerprint density at radius 3 is 2.53 bits per heavy atom. The third kappa shape index (κ3) is 5.66. The lowest BCUT2D eigenvalue weighted by atomic mass is 10.1. The molecular weight excluding hydrogens is 408 g/mol. The van der Waals surface area contributed by atoms with E-state index >= 15 is 0 Å². The highest BCUT2D eigenvalue weighted by Crippen LogP contribution is 2.26. The summed E-state index contributed by atoms with van der Waals surface area (Å²) in [6.45, 7) is 4.83. The molecule has 0 saturated carbocycles. The molecule has 168 valence electrons. The fraction of sp³-hybridized carbons (Fsp3) is 0.292. The molecule has 3 aromatic rings. The number of methoxy groups -OCH3 is 1. The van der Waals surface area contributed by atoms with E-state index in [0.29, 0.717) is 40.9 Å². The van der Waals surface area contributed by atoms with Crippen LogP contribution >= 0.6 is 0 Å². The van der Waals surface area contributed by atoms with E-state index in [-0.39, 0.29) is 18.4 Å². The van der Waals surface area contributed by atoms with Gasteiger partial charge in [-0.1, -0.05) is 38.1 Å². The minimum Gasteiger partial charge on any atom is -0.493 e. The van der Waals surface area contributed by atoms with E-state index in [0.717, 1.165) is 5.56 Å². The molecule has 8 nitrogen and oxygen atoms in total. The van der Waals surface area contributed by atoms with E-state index in [4.69, 9.17) is 9.47 Å². The van der Waals surface area contributed by atoms with Gasteiger partial charge in [0.1, 0.15) is 12.3 Å². The molecular formula is C24H28N4O4. The largest absolute Gasteiger partial charge is 0.493 e. The van der Waals surface area contributed by atoms with Crippen molar-refractivity contribution < 1.29 is 19.1 Å². The second kappa shape index (κ2) is 10.5. The summed E-state index contributed by atoms with van der Waals surface area (Å²) < 4.78 is 12.6. The molecule has 2 N–H and O–H groups in total. The zero-order valence-corrected chi connectivity index (χ0v) is 18.7. The number of hydrogen-bond donors (Lipinski definition) is 2. The van der Waals surface area contributed by atoms with Gasteiger partial charge in [0.05, 0.1) is 19.0 Å². The molecule has 1 aromatic heterocycles. The first-order valence-corrected chi connectivity index (χ1v) is 10.3. The van der Waals surface area contributed by atoms with Gasteiger partial charge in [0.25, 0.3) is 11.8 Å². The van der Waals surface area contributed by atoms with E-state index < -0.39 is 0 Å². The quantitative estimate of drug-likeness (QED) is 0.534. The van der Waals surface area contributed by atoms with Crippen molar-refractivity contribution in [1.82, 2.24) is 15.1 Å². The van der Waals surface area contributed by atoms with E-state index in [1.807, 2.05) is 44.2 Å². The van der Waals surface area contributed by atoms with Crippen molar-refractivity contribution in [2.24, 2.45) is 13.0 Å². The third-order valence-electron chi connectivity index (χ3n) is 4.73. The number of amides is 2. The third-order valence-corrected chi connectivity index (χ3v) is 4.73. The molecule has 32 heavy (non-hydrogen) atoms. The van der Waals surface area contributed by atoms with Crippen LogP contribution in [-0.2, 0) is 13.7 Å². The SMILES string of the molecule is COc1ccccc1OCc1cccc(C(=O)Nc2cnn(C)c2C(=O)NCC(C)C)c1. The minimum atomic E-state index is -0.338. The molecule has 0 unspecified atom stereocenters. The van der Waals surface area contributed by atoms with Gasteiger partial charge in [0.15, 0.2) is 11.5 Å². The number of nitrogens with one attached hydrogen (secondary N) is 2. The average molecular weight is 437 g/mol. The zero-order chi connectivity index (χ0) is 23.1. The lowest BCUT2D eigenvalue weighted by molar-refractivity contribution is 0.0940. The molecule has 0 aliphatic carbocycles. The molecule has 0 spiro atoms. The number of rotatable bonds is 9. The first-order valence-electron chi connectivity index (χ1n) is 10.3. The highest BCUT2D eigenvalue weighted by atomic mass is 16.5. The molecule has 2 aromatic carbocycles. The van der Waals surface area contributed by atoms with Crippen LogP contribution in [-0.4, -0.2) is 35.2 Å². The molecule has 0 radical (unpaired) electrons. The lowest BCUT2D eigenvalue weighted by Crippen LogP contribution is -2.30. The van der Waals surface area contributed by atoms with Crippen LogP contribution in [0, 0.1) is 5.92 Å². The number of carbonyl (C=O) groups is 2. The molecule has 0 aliphatic heterocycles. The van der Waals surface area contributed by atoms with Gasteiger partial charge < -0.3 is 20.1 Å². The van der Waals surface area contributed by atoms with E-state index in [2.05, 4.69) is 15.7 Å². The van der Waals surface area contributed by atoms with Crippen molar-refractivity contribution in [3.05, 3.63) is 71.5 Å². The molecule has 1 heterocycles. The van der Waals surface area contributed by atoms with E-state index in [9.17, 15) is 9.59 Å². The number of para-hydroxylation sites is 2. The molecule has 2 amide bonds. The fourth-order valence-corrected chi connectivity index (χ4v) is 3.07. The summed E-state index contributed by atoms with van der Waals surface area (Å²) in [5, 5.41) is 9.76.